The molecule has 1 aliphatic rings. The molecule has 0 unspecified atom stereocenters. The summed E-state index contributed by atoms with van der Waals surface area (Å²) in [5, 5.41) is 2.06. The number of hydrogen-bond acceptors (Lipinski definition) is 3. The maximum Gasteiger partial charge on any atom is 0.193 e. The maximum absolute atomic E-state index is 6.50. The third kappa shape index (κ3) is 2.24. The summed E-state index contributed by atoms with van der Waals surface area (Å²) in [6.45, 7) is 2.33. The van der Waals surface area contributed by atoms with Crippen LogP contribution >= 0.6 is 11.3 Å². The Kier molecular flexibility index (Phi) is 2.71. The lowest BCUT2D eigenvalue weighted by atomic mass is 9.75. The number of nitrogens with zero attached hydrogens (tertiary/aromatic N) is 2. The Balaban J connectivity index is 1.76. The predicted octanol–water partition coefficient (Wildman–Crippen LogP) is 2.85. The molecule has 4 heteroatoms. The van der Waals surface area contributed by atoms with Gasteiger partial charge in [0.1, 0.15) is 0 Å². The second-order valence-electron chi connectivity index (χ2n) is 5.55. The minimum Gasteiger partial charge on any atom is -0.325 e. The van der Waals surface area contributed by atoms with Crippen LogP contribution in [0.3, 0.4) is 0 Å². The van der Waals surface area contributed by atoms with Crippen molar-refractivity contribution >= 4 is 16.3 Å². The molecule has 0 spiro atoms. The molecule has 3 rings (SSSR count). The second-order valence-corrected chi connectivity index (χ2v) is 6.42. The van der Waals surface area contributed by atoms with Crippen LogP contribution in [0.2, 0.25) is 0 Å². The van der Waals surface area contributed by atoms with E-state index in [2.05, 4.69) is 34.1 Å². The van der Waals surface area contributed by atoms with Gasteiger partial charge >= 0.3 is 0 Å². The SMILES string of the molecule is CC1CCC(N)(Cc2cn3ccsc3n2)CC1. The van der Waals surface area contributed by atoms with Crippen LogP contribution in [-0.2, 0) is 6.42 Å². The summed E-state index contributed by atoms with van der Waals surface area (Å²) in [4.78, 5) is 5.71. The molecular formula is C13H19N3S. The van der Waals surface area contributed by atoms with Crippen molar-refractivity contribution in [1.82, 2.24) is 9.38 Å². The zero-order chi connectivity index (χ0) is 11.9. The summed E-state index contributed by atoms with van der Waals surface area (Å²) < 4.78 is 2.09. The largest absolute Gasteiger partial charge is 0.325 e. The van der Waals surface area contributed by atoms with Gasteiger partial charge in [0.25, 0.3) is 0 Å². The Morgan fingerprint density at radius 2 is 2.29 bits per heavy atom. The molecule has 0 atom stereocenters. The minimum absolute atomic E-state index is 0.0173. The topological polar surface area (TPSA) is 43.3 Å². The fourth-order valence-corrected chi connectivity index (χ4v) is 3.45. The van der Waals surface area contributed by atoms with Gasteiger partial charge in [0, 0.05) is 29.7 Å². The molecule has 1 fully saturated rings. The van der Waals surface area contributed by atoms with Crippen molar-refractivity contribution in [3.63, 3.8) is 0 Å². The normalized spacial score (nSPS) is 29.9. The van der Waals surface area contributed by atoms with Crippen LogP contribution < -0.4 is 5.73 Å². The number of thiazole rings is 1. The highest BCUT2D eigenvalue weighted by Crippen LogP contribution is 2.32. The van der Waals surface area contributed by atoms with E-state index in [9.17, 15) is 0 Å². The Bertz CT molecular complexity index is 477. The molecule has 0 saturated heterocycles. The first kappa shape index (κ1) is 11.2. The molecule has 17 heavy (non-hydrogen) atoms. The van der Waals surface area contributed by atoms with Crippen molar-refractivity contribution in [3.8, 4) is 0 Å². The second kappa shape index (κ2) is 4.10. The van der Waals surface area contributed by atoms with Crippen LogP contribution in [0.4, 0.5) is 0 Å². The highest BCUT2D eigenvalue weighted by Gasteiger charge is 2.31. The molecule has 0 aromatic carbocycles. The summed E-state index contributed by atoms with van der Waals surface area (Å²) in [5.41, 5.74) is 7.63. The first-order chi connectivity index (χ1) is 8.15. The highest BCUT2D eigenvalue weighted by molar-refractivity contribution is 7.15. The monoisotopic (exact) mass is 249 g/mol. The van der Waals surface area contributed by atoms with E-state index in [-0.39, 0.29) is 5.54 Å². The van der Waals surface area contributed by atoms with Crippen molar-refractivity contribution in [2.45, 2.75) is 44.6 Å². The molecule has 2 aromatic heterocycles. The fourth-order valence-electron chi connectivity index (χ4n) is 2.74. The molecule has 1 saturated carbocycles. The van der Waals surface area contributed by atoms with Crippen molar-refractivity contribution in [1.29, 1.82) is 0 Å². The van der Waals surface area contributed by atoms with Crippen LogP contribution in [0.25, 0.3) is 4.96 Å². The average molecular weight is 249 g/mol. The lowest BCUT2D eigenvalue weighted by Gasteiger charge is -2.35. The van der Waals surface area contributed by atoms with E-state index < -0.39 is 0 Å². The molecule has 0 aliphatic heterocycles. The molecule has 1 aliphatic carbocycles. The molecule has 0 bridgehead atoms. The lowest BCUT2D eigenvalue weighted by Crippen LogP contribution is -2.45. The van der Waals surface area contributed by atoms with Crippen molar-refractivity contribution in [2.75, 3.05) is 0 Å². The van der Waals surface area contributed by atoms with E-state index in [1.54, 1.807) is 11.3 Å². The van der Waals surface area contributed by atoms with Gasteiger partial charge in [0.05, 0.1) is 5.69 Å². The van der Waals surface area contributed by atoms with Gasteiger partial charge in [-0.3, -0.25) is 4.40 Å². The van der Waals surface area contributed by atoms with Gasteiger partial charge in [-0.2, -0.15) is 0 Å². The molecule has 2 aromatic rings. The summed E-state index contributed by atoms with van der Waals surface area (Å²) in [5.74, 6) is 0.845. The zero-order valence-electron chi connectivity index (χ0n) is 10.2. The van der Waals surface area contributed by atoms with Crippen LogP contribution in [0.1, 0.15) is 38.3 Å². The Morgan fingerprint density at radius 3 is 3.00 bits per heavy atom. The number of hydrogen-bond donors (Lipinski definition) is 1. The highest BCUT2D eigenvalue weighted by atomic mass is 32.1. The van der Waals surface area contributed by atoms with Crippen LogP contribution in [0, 0.1) is 5.92 Å². The van der Waals surface area contributed by atoms with E-state index in [1.165, 1.54) is 12.8 Å². The van der Waals surface area contributed by atoms with Crippen molar-refractivity contribution in [2.24, 2.45) is 11.7 Å². The number of rotatable bonds is 2. The smallest absolute Gasteiger partial charge is 0.193 e. The quantitative estimate of drug-likeness (QED) is 0.889. The third-order valence-corrected chi connectivity index (χ3v) is 4.72. The van der Waals surface area contributed by atoms with Crippen LogP contribution in [0.15, 0.2) is 17.8 Å². The van der Waals surface area contributed by atoms with E-state index in [4.69, 9.17) is 5.73 Å². The van der Waals surface area contributed by atoms with E-state index >= 15 is 0 Å². The van der Waals surface area contributed by atoms with Gasteiger partial charge in [-0.1, -0.05) is 6.92 Å². The lowest BCUT2D eigenvalue weighted by molar-refractivity contribution is 0.242. The number of imidazole rings is 1. The van der Waals surface area contributed by atoms with Crippen LogP contribution in [-0.4, -0.2) is 14.9 Å². The molecule has 2 N–H and O–H groups in total. The van der Waals surface area contributed by atoms with Gasteiger partial charge in [0.15, 0.2) is 4.96 Å². The number of nitrogens with two attached hydrogens (primary N) is 1. The molecule has 92 valence electrons. The molecule has 0 amide bonds. The maximum atomic E-state index is 6.50. The third-order valence-electron chi connectivity index (χ3n) is 3.95. The minimum atomic E-state index is -0.0173. The van der Waals surface area contributed by atoms with Gasteiger partial charge in [-0.15, -0.1) is 11.3 Å². The Morgan fingerprint density at radius 1 is 1.53 bits per heavy atom. The zero-order valence-corrected chi connectivity index (χ0v) is 11.0. The molecule has 0 radical (unpaired) electrons. The van der Waals surface area contributed by atoms with E-state index in [1.807, 2.05) is 0 Å². The first-order valence-corrected chi connectivity index (χ1v) is 7.23. The molecular weight excluding hydrogens is 230 g/mol. The average Bonchev–Trinajstić information content (AvgIpc) is 2.83. The van der Waals surface area contributed by atoms with E-state index in [0.29, 0.717) is 0 Å². The van der Waals surface area contributed by atoms with Gasteiger partial charge in [0.2, 0.25) is 0 Å². The predicted molar refractivity (Wildman–Crippen MR) is 71.3 cm³/mol. The number of fused-ring (bicyclic) bond motifs is 1. The standard InChI is InChI=1S/C13H19N3S/c1-10-2-4-13(14,5-3-10)8-11-9-16-6-7-17-12(16)15-11/h6-7,9-10H,2-5,8,14H2,1H3. The summed E-state index contributed by atoms with van der Waals surface area (Å²) in [7, 11) is 0. The van der Waals surface area contributed by atoms with Crippen molar-refractivity contribution in [3.05, 3.63) is 23.5 Å². The van der Waals surface area contributed by atoms with Crippen molar-refractivity contribution < 1.29 is 0 Å². The molecule has 3 nitrogen and oxygen atoms in total. The fraction of sp³-hybridized carbons (Fsp3) is 0.615. The number of aromatic nitrogens is 2. The molecule has 2 heterocycles. The summed E-state index contributed by atoms with van der Waals surface area (Å²) in [6.07, 6.45) is 9.91. The first-order valence-electron chi connectivity index (χ1n) is 6.35. The van der Waals surface area contributed by atoms with Gasteiger partial charge < -0.3 is 5.73 Å². The van der Waals surface area contributed by atoms with Crippen LogP contribution in [0.5, 0.6) is 0 Å². The van der Waals surface area contributed by atoms with Gasteiger partial charge in [-0.25, -0.2) is 4.98 Å². The summed E-state index contributed by atoms with van der Waals surface area (Å²) in [6, 6.07) is 0. The summed E-state index contributed by atoms with van der Waals surface area (Å²) >= 11 is 1.68. The Labute approximate surface area is 106 Å². The Hall–Kier alpha value is -0.870. The van der Waals surface area contributed by atoms with E-state index in [0.717, 1.165) is 35.8 Å². The van der Waals surface area contributed by atoms with Gasteiger partial charge in [-0.05, 0) is 31.6 Å².